The molecule has 1 aliphatic rings. The Kier molecular flexibility index (Phi) is 4.42. The van der Waals surface area contributed by atoms with Crippen LogP contribution in [-0.2, 0) is 4.79 Å². The van der Waals surface area contributed by atoms with Crippen LogP contribution in [0.15, 0.2) is 0 Å². The average molecular weight is 284 g/mol. The number of hydrogen-bond acceptors (Lipinski definition) is 2. The van der Waals surface area contributed by atoms with E-state index in [9.17, 15) is 14.7 Å². The van der Waals surface area contributed by atoms with Crippen molar-refractivity contribution in [3.05, 3.63) is 0 Å². The molecule has 1 aliphatic carbocycles. The highest BCUT2D eigenvalue weighted by Gasteiger charge is 2.65. The Labute approximate surface area is 121 Å². The molecule has 1 fully saturated rings. The van der Waals surface area contributed by atoms with E-state index < -0.39 is 11.4 Å². The van der Waals surface area contributed by atoms with E-state index in [0.717, 1.165) is 0 Å². The van der Waals surface area contributed by atoms with Crippen LogP contribution in [0.25, 0.3) is 0 Å². The summed E-state index contributed by atoms with van der Waals surface area (Å²) in [7, 11) is 0. The van der Waals surface area contributed by atoms with Crippen LogP contribution in [0.5, 0.6) is 0 Å². The Balaban J connectivity index is 2.55. The Morgan fingerprint density at radius 1 is 1.10 bits per heavy atom. The van der Waals surface area contributed by atoms with Crippen molar-refractivity contribution in [2.75, 3.05) is 6.54 Å². The van der Waals surface area contributed by atoms with E-state index in [-0.39, 0.29) is 29.4 Å². The van der Waals surface area contributed by atoms with E-state index in [4.69, 9.17) is 0 Å². The summed E-state index contributed by atoms with van der Waals surface area (Å²) in [5.41, 5.74) is -0.723. The fraction of sp³-hybridized carbons (Fsp3) is 0.867. The maximum atomic E-state index is 12.0. The third-order valence-corrected chi connectivity index (χ3v) is 5.69. The molecule has 20 heavy (non-hydrogen) atoms. The molecule has 0 aromatic carbocycles. The summed E-state index contributed by atoms with van der Waals surface area (Å²) in [6.45, 7) is 12.3. The van der Waals surface area contributed by atoms with Gasteiger partial charge in [0.15, 0.2) is 0 Å². The normalized spacial score (nSPS) is 20.3. The average Bonchev–Trinajstić information content (AvgIpc) is 2.73. The van der Waals surface area contributed by atoms with Crippen molar-refractivity contribution in [3.8, 4) is 0 Å². The highest BCUT2D eigenvalue weighted by molar-refractivity contribution is 5.78. The van der Waals surface area contributed by atoms with Crippen LogP contribution in [-0.4, -0.2) is 29.7 Å². The van der Waals surface area contributed by atoms with Gasteiger partial charge in [-0.1, -0.05) is 41.5 Å². The third kappa shape index (κ3) is 2.63. The SMILES string of the molecule is CCC(CC)(CNC(=O)NC1C(C)(C)C1(C)C)C(=O)O. The minimum Gasteiger partial charge on any atom is -0.481 e. The van der Waals surface area contributed by atoms with Crippen molar-refractivity contribution in [2.24, 2.45) is 16.2 Å². The summed E-state index contributed by atoms with van der Waals surface area (Å²) in [6, 6.07) is -0.154. The third-order valence-electron chi connectivity index (χ3n) is 5.69. The smallest absolute Gasteiger partial charge is 0.315 e. The molecule has 0 atom stereocenters. The number of carbonyl (C=O) groups is 2. The van der Waals surface area contributed by atoms with Gasteiger partial charge in [0.1, 0.15) is 0 Å². The van der Waals surface area contributed by atoms with Crippen LogP contribution in [0.3, 0.4) is 0 Å². The van der Waals surface area contributed by atoms with Gasteiger partial charge in [-0.3, -0.25) is 4.79 Å². The number of hydrogen-bond donors (Lipinski definition) is 3. The predicted molar refractivity (Wildman–Crippen MR) is 78.5 cm³/mol. The van der Waals surface area contributed by atoms with Crippen LogP contribution >= 0.6 is 0 Å². The van der Waals surface area contributed by atoms with Gasteiger partial charge in [0.05, 0.1) is 5.41 Å². The second-order valence-corrected chi connectivity index (χ2v) is 7.00. The summed E-state index contributed by atoms with van der Waals surface area (Å²) in [6.07, 6.45) is 0.999. The lowest BCUT2D eigenvalue weighted by atomic mass is 9.82. The zero-order chi connectivity index (χ0) is 15.8. The molecule has 5 nitrogen and oxygen atoms in total. The Morgan fingerprint density at radius 3 is 1.85 bits per heavy atom. The quantitative estimate of drug-likeness (QED) is 0.701. The van der Waals surface area contributed by atoms with E-state index >= 15 is 0 Å². The molecular formula is C15H28N2O3. The van der Waals surface area contributed by atoms with Crippen molar-refractivity contribution < 1.29 is 14.7 Å². The molecule has 0 radical (unpaired) electrons. The minimum atomic E-state index is -0.869. The summed E-state index contributed by atoms with van der Waals surface area (Å²) >= 11 is 0. The number of urea groups is 1. The van der Waals surface area contributed by atoms with E-state index in [1.165, 1.54) is 0 Å². The molecule has 0 aromatic heterocycles. The molecule has 0 aromatic rings. The zero-order valence-electron chi connectivity index (χ0n) is 13.5. The number of aliphatic carboxylic acids is 1. The molecule has 1 saturated carbocycles. The number of carboxylic acids is 1. The maximum Gasteiger partial charge on any atom is 0.315 e. The molecule has 0 saturated heterocycles. The van der Waals surface area contributed by atoms with E-state index in [1.807, 2.05) is 13.8 Å². The van der Waals surface area contributed by atoms with Crippen molar-refractivity contribution in [1.82, 2.24) is 10.6 Å². The first kappa shape index (κ1) is 16.8. The molecule has 0 aliphatic heterocycles. The van der Waals surface area contributed by atoms with Gasteiger partial charge in [-0.05, 0) is 23.7 Å². The fourth-order valence-electron chi connectivity index (χ4n) is 2.87. The van der Waals surface area contributed by atoms with E-state index in [1.54, 1.807) is 0 Å². The van der Waals surface area contributed by atoms with Gasteiger partial charge in [-0.15, -0.1) is 0 Å². The molecule has 116 valence electrons. The van der Waals surface area contributed by atoms with Gasteiger partial charge in [0.25, 0.3) is 0 Å². The van der Waals surface area contributed by atoms with Crippen LogP contribution in [0.2, 0.25) is 0 Å². The van der Waals surface area contributed by atoms with Crippen molar-refractivity contribution in [1.29, 1.82) is 0 Å². The number of amides is 2. The molecule has 0 unspecified atom stereocenters. The lowest BCUT2D eigenvalue weighted by Crippen LogP contribution is -2.47. The summed E-state index contributed by atoms with van der Waals surface area (Å²) in [4.78, 5) is 23.3. The Hall–Kier alpha value is -1.26. The van der Waals surface area contributed by atoms with Gasteiger partial charge in [0.2, 0.25) is 0 Å². The lowest BCUT2D eigenvalue weighted by Gasteiger charge is -2.27. The van der Waals surface area contributed by atoms with Crippen LogP contribution < -0.4 is 10.6 Å². The van der Waals surface area contributed by atoms with E-state index in [2.05, 4.69) is 38.3 Å². The van der Waals surface area contributed by atoms with E-state index in [0.29, 0.717) is 12.8 Å². The number of nitrogens with one attached hydrogen (secondary N) is 2. The predicted octanol–water partition coefficient (Wildman–Crippen LogP) is 2.61. The molecule has 0 bridgehead atoms. The Bertz CT molecular complexity index is 384. The second kappa shape index (κ2) is 5.26. The first-order valence-electron chi connectivity index (χ1n) is 7.33. The molecule has 3 N–H and O–H groups in total. The topological polar surface area (TPSA) is 78.4 Å². The van der Waals surface area contributed by atoms with Gasteiger partial charge in [-0.2, -0.15) is 0 Å². The second-order valence-electron chi connectivity index (χ2n) is 7.00. The molecule has 0 spiro atoms. The number of carbonyl (C=O) groups excluding carboxylic acids is 1. The van der Waals surface area contributed by atoms with Gasteiger partial charge in [0, 0.05) is 12.6 Å². The fourth-order valence-corrected chi connectivity index (χ4v) is 2.87. The van der Waals surface area contributed by atoms with Crippen LogP contribution in [0.4, 0.5) is 4.79 Å². The summed E-state index contributed by atoms with van der Waals surface area (Å²) in [5, 5.41) is 15.0. The Morgan fingerprint density at radius 2 is 1.55 bits per heavy atom. The number of carboxylic acid groups (broad SMARTS) is 1. The number of rotatable bonds is 6. The first-order valence-corrected chi connectivity index (χ1v) is 7.33. The first-order chi connectivity index (χ1) is 9.05. The maximum absolute atomic E-state index is 12.0. The largest absolute Gasteiger partial charge is 0.481 e. The van der Waals surface area contributed by atoms with Gasteiger partial charge >= 0.3 is 12.0 Å². The standard InChI is InChI=1S/C15H28N2O3/c1-7-15(8-2,11(18)19)9-16-12(20)17-10-13(3,4)14(10,5)6/h10H,7-9H2,1-6H3,(H,18,19)(H2,16,17,20). The van der Waals surface area contributed by atoms with Crippen molar-refractivity contribution >= 4 is 12.0 Å². The van der Waals surface area contributed by atoms with Crippen molar-refractivity contribution in [3.63, 3.8) is 0 Å². The zero-order valence-corrected chi connectivity index (χ0v) is 13.5. The van der Waals surface area contributed by atoms with Crippen LogP contribution in [0.1, 0.15) is 54.4 Å². The summed E-state index contributed by atoms with van der Waals surface area (Å²) in [5.74, 6) is -0.852. The highest BCUT2D eigenvalue weighted by Crippen LogP contribution is 2.62. The molecule has 1 rings (SSSR count). The van der Waals surface area contributed by atoms with Gasteiger partial charge < -0.3 is 15.7 Å². The molecule has 5 heteroatoms. The molecule has 2 amide bonds. The molecular weight excluding hydrogens is 256 g/mol. The summed E-state index contributed by atoms with van der Waals surface area (Å²) < 4.78 is 0. The van der Waals surface area contributed by atoms with Crippen molar-refractivity contribution in [2.45, 2.75) is 60.4 Å². The van der Waals surface area contributed by atoms with Crippen LogP contribution in [0, 0.1) is 16.2 Å². The minimum absolute atomic E-state index is 0.0732. The monoisotopic (exact) mass is 284 g/mol. The molecule has 0 heterocycles. The lowest BCUT2D eigenvalue weighted by molar-refractivity contribution is -0.149. The highest BCUT2D eigenvalue weighted by atomic mass is 16.4. The van der Waals surface area contributed by atoms with Gasteiger partial charge in [-0.25, -0.2) is 4.79 Å².